The zero-order valence-electron chi connectivity index (χ0n) is 10.6. The largest absolute Gasteiger partial charge is 0.394 e. The Balaban J connectivity index is 2.02. The molecular formula is C11H20N4OS. The second kappa shape index (κ2) is 4.96. The molecule has 1 atom stereocenters. The highest BCUT2D eigenvalue weighted by molar-refractivity contribution is 7.99. The van der Waals surface area contributed by atoms with Gasteiger partial charge < -0.3 is 15.0 Å². The third kappa shape index (κ3) is 2.48. The zero-order chi connectivity index (χ0) is 12.5. The first-order chi connectivity index (χ1) is 8.13. The summed E-state index contributed by atoms with van der Waals surface area (Å²) in [7, 11) is 3.89. The molecule has 96 valence electrons. The van der Waals surface area contributed by atoms with E-state index in [1.165, 1.54) is 12.8 Å². The molecule has 1 heterocycles. The molecule has 0 spiro atoms. The van der Waals surface area contributed by atoms with Crippen molar-refractivity contribution in [2.75, 3.05) is 19.4 Å². The van der Waals surface area contributed by atoms with Crippen LogP contribution in [0.25, 0.3) is 0 Å². The Morgan fingerprint density at radius 1 is 1.53 bits per heavy atom. The number of thioether (sulfide) groups is 1. The minimum Gasteiger partial charge on any atom is -0.394 e. The molecule has 0 saturated heterocycles. The molecular weight excluding hydrogens is 236 g/mol. The fraction of sp³-hybridized carbons (Fsp3) is 0.818. The smallest absolute Gasteiger partial charge is 0.191 e. The summed E-state index contributed by atoms with van der Waals surface area (Å²) < 4.78 is 1.98. The van der Waals surface area contributed by atoms with E-state index in [4.69, 9.17) is 0 Å². The lowest BCUT2D eigenvalue weighted by Crippen LogP contribution is -2.51. The molecule has 0 aliphatic heterocycles. The van der Waals surface area contributed by atoms with Crippen LogP contribution in [-0.4, -0.2) is 44.8 Å². The van der Waals surface area contributed by atoms with Gasteiger partial charge in [0.05, 0.1) is 12.1 Å². The SMILES string of the molecule is CNC(CO)(CSc1nnc(C)n1C)C1CC1. The Morgan fingerprint density at radius 3 is 2.65 bits per heavy atom. The molecule has 17 heavy (non-hydrogen) atoms. The quantitative estimate of drug-likeness (QED) is 0.729. The number of nitrogens with zero attached hydrogens (tertiary/aromatic N) is 3. The van der Waals surface area contributed by atoms with E-state index in [-0.39, 0.29) is 12.1 Å². The highest BCUT2D eigenvalue weighted by Crippen LogP contribution is 2.41. The van der Waals surface area contributed by atoms with Gasteiger partial charge in [-0.2, -0.15) is 0 Å². The minimum absolute atomic E-state index is 0.162. The lowest BCUT2D eigenvalue weighted by molar-refractivity contribution is 0.167. The van der Waals surface area contributed by atoms with Crippen LogP contribution in [0.1, 0.15) is 18.7 Å². The Labute approximate surface area is 106 Å². The Morgan fingerprint density at radius 2 is 2.24 bits per heavy atom. The van der Waals surface area contributed by atoms with Gasteiger partial charge in [-0.15, -0.1) is 10.2 Å². The molecule has 1 aliphatic rings. The van der Waals surface area contributed by atoms with Crippen molar-refractivity contribution in [1.29, 1.82) is 0 Å². The second-order valence-corrected chi connectivity index (χ2v) is 5.66. The number of aliphatic hydroxyl groups excluding tert-OH is 1. The zero-order valence-corrected chi connectivity index (χ0v) is 11.4. The maximum Gasteiger partial charge on any atom is 0.191 e. The van der Waals surface area contributed by atoms with Crippen LogP contribution in [0, 0.1) is 12.8 Å². The van der Waals surface area contributed by atoms with E-state index in [0.717, 1.165) is 16.7 Å². The number of aromatic nitrogens is 3. The summed E-state index contributed by atoms with van der Waals surface area (Å²) in [5.41, 5.74) is -0.162. The van der Waals surface area contributed by atoms with Crippen molar-refractivity contribution in [3.63, 3.8) is 0 Å². The van der Waals surface area contributed by atoms with Crippen LogP contribution in [-0.2, 0) is 7.05 Å². The summed E-state index contributed by atoms with van der Waals surface area (Å²) in [6.45, 7) is 2.12. The Bertz CT molecular complexity index is 385. The third-order valence-electron chi connectivity index (χ3n) is 3.65. The van der Waals surface area contributed by atoms with Gasteiger partial charge in [0.1, 0.15) is 5.82 Å². The number of aliphatic hydroxyl groups is 1. The van der Waals surface area contributed by atoms with Gasteiger partial charge in [0.25, 0.3) is 0 Å². The predicted molar refractivity (Wildman–Crippen MR) is 68.1 cm³/mol. The number of likely N-dealkylation sites (N-methyl/N-ethyl adjacent to an activating group) is 1. The summed E-state index contributed by atoms with van der Waals surface area (Å²) in [5, 5.41) is 22.0. The Hall–Kier alpha value is -0.590. The lowest BCUT2D eigenvalue weighted by atomic mass is 9.97. The molecule has 1 aromatic rings. The monoisotopic (exact) mass is 256 g/mol. The molecule has 0 bridgehead atoms. The van der Waals surface area contributed by atoms with Crippen LogP contribution in [0.15, 0.2) is 5.16 Å². The molecule has 0 radical (unpaired) electrons. The lowest BCUT2D eigenvalue weighted by Gasteiger charge is -2.31. The summed E-state index contributed by atoms with van der Waals surface area (Å²) in [4.78, 5) is 0. The third-order valence-corrected chi connectivity index (χ3v) is 4.92. The summed E-state index contributed by atoms with van der Waals surface area (Å²) >= 11 is 1.66. The van der Waals surface area contributed by atoms with Crippen molar-refractivity contribution in [2.24, 2.45) is 13.0 Å². The molecule has 1 unspecified atom stereocenters. The average molecular weight is 256 g/mol. The van der Waals surface area contributed by atoms with Crippen molar-refractivity contribution < 1.29 is 5.11 Å². The number of rotatable bonds is 6. The van der Waals surface area contributed by atoms with E-state index in [1.807, 2.05) is 25.6 Å². The van der Waals surface area contributed by atoms with Gasteiger partial charge in [0.15, 0.2) is 5.16 Å². The van der Waals surface area contributed by atoms with Crippen LogP contribution in [0.4, 0.5) is 0 Å². The normalized spacial score (nSPS) is 19.3. The van der Waals surface area contributed by atoms with Crippen LogP contribution in [0.2, 0.25) is 0 Å². The van der Waals surface area contributed by atoms with Gasteiger partial charge in [-0.25, -0.2) is 0 Å². The molecule has 2 N–H and O–H groups in total. The number of hydrogen-bond acceptors (Lipinski definition) is 5. The van der Waals surface area contributed by atoms with Crippen LogP contribution in [0.3, 0.4) is 0 Å². The Kier molecular flexibility index (Phi) is 3.75. The van der Waals surface area contributed by atoms with E-state index in [0.29, 0.717) is 5.92 Å². The molecule has 1 fully saturated rings. The standard InChI is InChI=1S/C11H20N4OS/c1-8-13-14-10(15(8)3)17-7-11(6-16,12-2)9-4-5-9/h9,12,16H,4-7H2,1-3H3. The van der Waals surface area contributed by atoms with Crippen molar-refractivity contribution in [3.05, 3.63) is 5.82 Å². The molecule has 1 aromatic heterocycles. The fourth-order valence-corrected chi connectivity index (χ4v) is 3.27. The number of hydrogen-bond donors (Lipinski definition) is 2. The average Bonchev–Trinajstić information content (AvgIpc) is 3.13. The minimum atomic E-state index is -0.162. The molecule has 1 aliphatic carbocycles. The summed E-state index contributed by atoms with van der Waals surface area (Å²) in [6.07, 6.45) is 2.42. The first-order valence-corrected chi connectivity index (χ1v) is 6.90. The molecule has 0 aromatic carbocycles. The summed E-state index contributed by atoms with van der Waals surface area (Å²) in [6, 6.07) is 0. The van der Waals surface area contributed by atoms with Crippen molar-refractivity contribution in [2.45, 2.75) is 30.5 Å². The molecule has 5 nitrogen and oxygen atoms in total. The van der Waals surface area contributed by atoms with Crippen molar-refractivity contribution in [3.8, 4) is 0 Å². The topological polar surface area (TPSA) is 63.0 Å². The first kappa shape index (κ1) is 12.9. The maximum atomic E-state index is 9.62. The molecule has 2 rings (SSSR count). The van der Waals surface area contributed by atoms with E-state index >= 15 is 0 Å². The fourth-order valence-electron chi connectivity index (χ4n) is 1.99. The van der Waals surface area contributed by atoms with Crippen LogP contribution in [0.5, 0.6) is 0 Å². The van der Waals surface area contributed by atoms with E-state index < -0.39 is 0 Å². The van der Waals surface area contributed by atoms with Gasteiger partial charge in [-0.3, -0.25) is 0 Å². The van der Waals surface area contributed by atoms with Gasteiger partial charge >= 0.3 is 0 Å². The highest BCUT2D eigenvalue weighted by Gasteiger charge is 2.43. The highest BCUT2D eigenvalue weighted by atomic mass is 32.2. The van der Waals surface area contributed by atoms with Crippen LogP contribution < -0.4 is 5.32 Å². The second-order valence-electron chi connectivity index (χ2n) is 4.72. The van der Waals surface area contributed by atoms with Gasteiger partial charge in [0, 0.05) is 12.8 Å². The predicted octanol–water partition coefficient (Wildman–Crippen LogP) is 0.576. The summed E-state index contributed by atoms with van der Waals surface area (Å²) in [5.74, 6) is 2.34. The molecule has 6 heteroatoms. The number of aryl methyl sites for hydroxylation is 1. The first-order valence-electron chi connectivity index (χ1n) is 5.91. The van der Waals surface area contributed by atoms with Crippen molar-refractivity contribution >= 4 is 11.8 Å². The number of nitrogens with one attached hydrogen (secondary N) is 1. The van der Waals surface area contributed by atoms with Crippen molar-refractivity contribution in [1.82, 2.24) is 20.1 Å². The van der Waals surface area contributed by atoms with E-state index in [1.54, 1.807) is 11.8 Å². The molecule has 0 amide bonds. The maximum absolute atomic E-state index is 9.62. The molecule has 1 saturated carbocycles. The van der Waals surface area contributed by atoms with E-state index in [9.17, 15) is 5.11 Å². The van der Waals surface area contributed by atoms with Gasteiger partial charge in [0.2, 0.25) is 0 Å². The van der Waals surface area contributed by atoms with E-state index in [2.05, 4.69) is 15.5 Å². The van der Waals surface area contributed by atoms with Gasteiger partial charge in [-0.05, 0) is 32.7 Å². The van der Waals surface area contributed by atoms with Crippen LogP contribution >= 0.6 is 11.8 Å². The van der Waals surface area contributed by atoms with Gasteiger partial charge in [-0.1, -0.05) is 11.8 Å².